The maximum absolute atomic E-state index is 11.8. The molecule has 0 saturated heterocycles. The molecule has 3 aromatic heterocycles. The second kappa shape index (κ2) is 4.71. The molecular formula is C12H9N5O4. The smallest absolute Gasteiger partial charge is 0.377 e. The standard InChI is InChI=1S/C12H9N5O4/c1-21-7-3-15-11(17-5-13-4-16-17)9-8(7)6(2-14-9)10(18)12(19)20/h2-5,14H,1H3,(H,19,20)/i4D,5D. The third kappa shape index (κ3) is 1.91. The van der Waals surface area contributed by atoms with Crippen LogP contribution in [0.5, 0.6) is 5.75 Å². The molecule has 21 heavy (non-hydrogen) atoms. The highest BCUT2D eigenvalue weighted by atomic mass is 16.5. The van der Waals surface area contributed by atoms with Gasteiger partial charge in [-0.2, -0.15) is 5.10 Å². The van der Waals surface area contributed by atoms with Crippen LogP contribution in [0.3, 0.4) is 0 Å². The molecular weight excluding hydrogens is 278 g/mol. The topological polar surface area (TPSA) is 123 Å². The number of hydrogen-bond donors (Lipinski definition) is 2. The van der Waals surface area contributed by atoms with Gasteiger partial charge in [-0.25, -0.2) is 19.4 Å². The molecule has 0 bridgehead atoms. The Morgan fingerprint density at radius 2 is 2.33 bits per heavy atom. The van der Waals surface area contributed by atoms with Gasteiger partial charge in [0.25, 0.3) is 5.78 Å². The number of carboxylic acid groups (broad SMARTS) is 1. The van der Waals surface area contributed by atoms with Crippen molar-refractivity contribution in [1.82, 2.24) is 24.7 Å². The first kappa shape index (κ1) is 10.5. The SMILES string of the molecule is [2H]c1nc([2H])n(-c2ncc(OC)c3c(C(=O)C(=O)O)c[nH]c23)n1. The Morgan fingerprint density at radius 3 is 2.95 bits per heavy atom. The van der Waals surface area contributed by atoms with Gasteiger partial charge in [0.1, 0.15) is 21.1 Å². The summed E-state index contributed by atoms with van der Waals surface area (Å²) in [6, 6.07) is 0. The summed E-state index contributed by atoms with van der Waals surface area (Å²) in [5.74, 6) is -2.44. The molecule has 2 N–H and O–H groups in total. The van der Waals surface area contributed by atoms with E-state index in [2.05, 4.69) is 20.1 Å². The van der Waals surface area contributed by atoms with Crippen molar-refractivity contribution in [1.29, 1.82) is 0 Å². The summed E-state index contributed by atoms with van der Waals surface area (Å²) in [5.41, 5.74) is 0.137. The summed E-state index contributed by atoms with van der Waals surface area (Å²) in [6.07, 6.45) is 1.80. The number of pyridine rings is 1. The van der Waals surface area contributed by atoms with Crippen molar-refractivity contribution in [3.8, 4) is 11.6 Å². The molecule has 0 fully saturated rings. The number of carbonyl (C=O) groups is 2. The van der Waals surface area contributed by atoms with E-state index in [0.717, 1.165) is 4.68 Å². The van der Waals surface area contributed by atoms with Crippen molar-refractivity contribution in [3.05, 3.63) is 30.6 Å². The molecule has 0 aliphatic rings. The summed E-state index contributed by atoms with van der Waals surface area (Å²) in [4.78, 5) is 33.1. The third-order valence-corrected chi connectivity index (χ3v) is 2.85. The maximum Gasteiger partial charge on any atom is 0.377 e. The number of aliphatic carboxylic acids is 1. The van der Waals surface area contributed by atoms with Crippen LogP contribution in [0.4, 0.5) is 0 Å². The Kier molecular flexibility index (Phi) is 2.36. The number of aromatic amines is 1. The lowest BCUT2D eigenvalue weighted by molar-refractivity contribution is -0.131. The van der Waals surface area contributed by atoms with E-state index in [1.165, 1.54) is 19.5 Å². The minimum Gasteiger partial charge on any atom is -0.494 e. The van der Waals surface area contributed by atoms with Crippen LogP contribution in [0.1, 0.15) is 13.1 Å². The Balaban J connectivity index is 2.33. The lowest BCUT2D eigenvalue weighted by Crippen LogP contribution is -2.12. The van der Waals surface area contributed by atoms with E-state index in [1.54, 1.807) is 0 Å². The fraction of sp³-hybridized carbons (Fsp3) is 0.0833. The number of fused-ring (bicyclic) bond motifs is 1. The van der Waals surface area contributed by atoms with Gasteiger partial charge in [0.15, 0.2) is 5.82 Å². The average molecular weight is 289 g/mol. The highest BCUT2D eigenvalue weighted by molar-refractivity contribution is 6.42. The Labute approximate surface area is 120 Å². The number of methoxy groups -OCH3 is 1. The third-order valence-electron chi connectivity index (χ3n) is 2.85. The van der Waals surface area contributed by atoms with E-state index >= 15 is 0 Å². The van der Waals surface area contributed by atoms with E-state index < -0.39 is 11.8 Å². The van der Waals surface area contributed by atoms with Gasteiger partial charge in [-0.3, -0.25) is 4.79 Å². The van der Waals surface area contributed by atoms with E-state index in [4.69, 9.17) is 12.6 Å². The molecule has 0 amide bonds. The van der Waals surface area contributed by atoms with Gasteiger partial charge in [-0.15, -0.1) is 0 Å². The van der Waals surface area contributed by atoms with Crippen LogP contribution in [0.25, 0.3) is 16.7 Å². The van der Waals surface area contributed by atoms with Gasteiger partial charge < -0.3 is 14.8 Å². The van der Waals surface area contributed by atoms with E-state index in [0.29, 0.717) is 0 Å². The highest BCUT2D eigenvalue weighted by Crippen LogP contribution is 2.31. The number of ketones is 1. The molecule has 0 unspecified atom stereocenters. The number of nitrogens with one attached hydrogen (secondary N) is 1. The van der Waals surface area contributed by atoms with Gasteiger partial charge in [0, 0.05) is 6.20 Å². The van der Waals surface area contributed by atoms with Crippen LogP contribution >= 0.6 is 0 Å². The molecule has 9 heteroatoms. The van der Waals surface area contributed by atoms with Crippen molar-refractivity contribution in [3.63, 3.8) is 0 Å². The molecule has 106 valence electrons. The van der Waals surface area contributed by atoms with Crippen LogP contribution in [0.2, 0.25) is 0 Å². The molecule has 0 saturated carbocycles. The molecule has 0 aliphatic carbocycles. The quantitative estimate of drug-likeness (QED) is 0.527. The molecule has 3 heterocycles. The van der Waals surface area contributed by atoms with Crippen LogP contribution in [0.15, 0.2) is 25.0 Å². The first-order chi connectivity index (χ1) is 10.9. The number of hydrogen-bond acceptors (Lipinski definition) is 6. The van der Waals surface area contributed by atoms with Gasteiger partial charge in [0.05, 0.1) is 29.8 Å². The fourth-order valence-electron chi connectivity index (χ4n) is 1.97. The molecule has 9 nitrogen and oxygen atoms in total. The van der Waals surface area contributed by atoms with Crippen molar-refractivity contribution >= 4 is 22.7 Å². The summed E-state index contributed by atoms with van der Waals surface area (Å²) >= 11 is 0. The molecule has 0 spiro atoms. The number of rotatable bonds is 4. The summed E-state index contributed by atoms with van der Waals surface area (Å²) in [5, 5.41) is 12.8. The van der Waals surface area contributed by atoms with Crippen molar-refractivity contribution < 1.29 is 22.2 Å². The van der Waals surface area contributed by atoms with Crippen LogP contribution in [0, 0.1) is 0 Å². The first-order valence-electron chi connectivity index (χ1n) is 6.66. The van der Waals surface area contributed by atoms with Gasteiger partial charge >= 0.3 is 5.97 Å². The number of nitrogens with zero attached hydrogens (tertiary/aromatic N) is 4. The number of carbonyl (C=O) groups excluding carboxylic acids is 1. The van der Waals surface area contributed by atoms with Gasteiger partial charge in [0.2, 0.25) is 0 Å². The molecule has 3 aromatic rings. The number of ether oxygens (including phenoxy) is 1. The van der Waals surface area contributed by atoms with Crippen molar-refractivity contribution in [2.45, 2.75) is 0 Å². The first-order valence-corrected chi connectivity index (χ1v) is 5.66. The maximum atomic E-state index is 11.8. The Morgan fingerprint density at radius 1 is 1.52 bits per heavy atom. The predicted octanol–water partition coefficient (Wildman–Crippen LogP) is 0.419. The van der Waals surface area contributed by atoms with Crippen LogP contribution in [-0.4, -0.2) is 48.7 Å². The van der Waals surface area contributed by atoms with Gasteiger partial charge in [-0.05, 0) is 0 Å². The van der Waals surface area contributed by atoms with Gasteiger partial charge in [-0.1, -0.05) is 0 Å². The van der Waals surface area contributed by atoms with Crippen molar-refractivity contribution in [2.24, 2.45) is 0 Å². The monoisotopic (exact) mass is 289 g/mol. The number of aromatic nitrogens is 5. The summed E-state index contributed by atoms with van der Waals surface area (Å²) in [7, 11) is 1.35. The summed E-state index contributed by atoms with van der Waals surface area (Å²) < 4.78 is 21.2. The second-order valence-corrected chi connectivity index (χ2v) is 3.96. The van der Waals surface area contributed by atoms with E-state index in [-0.39, 0.29) is 40.6 Å². The largest absolute Gasteiger partial charge is 0.494 e. The molecule has 0 radical (unpaired) electrons. The Hall–Kier alpha value is -3.23. The lowest BCUT2D eigenvalue weighted by Gasteiger charge is -2.06. The highest BCUT2D eigenvalue weighted by Gasteiger charge is 2.23. The number of H-pyrrole nitrogens is 1. The van der Waals surface area contributed by atoms with Crippen molar-refractivity contribution in [2.75, 3.05) is 7.11 Å². The number of Topliss-reactive ketones (excluding diaryl/α,β-unsaturated/α-hetero) is 1. The molecule has 3 rings (SSSR count). The average Bonchev–Trinajstić information content (AvgIpc) is 3.09. The minimum absolute atomic E-state index is 0.0984. The second-order valence-electron chi connectivity index (χ2n) is 3.96. The number of carboxylic acids is 1. The summed E-state index contributed by atoms with van der Waals surface area (Å²) in [6.45, 7) is 0. The molecule has 0 aliphatic heterocycles. The van der Waals surface area contributed by atoms with E-state index in [1.807, 2.05) is 0 Å². The fourth-order valence-corrected chi connectivity index (χ4v) is 1.97. The molecule has 0 atom stereocenters. The van der Waals surface area contributed by atoms with Crippen LogP contribution < -0.4 is 4.74 Å². The zero-order chi connectivity index (χ0) is 16.7. The van der Waals surface area contributed by atoms with Crippen LogP contribution in [-0.2, 0) is 4.79 Å². The predicted molar refractivity (Wildman–Crippen MR) is 69.5 cm³/mol. The lowest BCUT2D eigenvalue weighted by atomic mass is 10.1. The zero-order valence-corrected chi connectivity index (χ0v) is 10.6. The zero-order valence-electron chi connectivity index (χ0n) is 12.6. The molecule has 0 aromatic carbocycles. The normalized spacial score (nSPS) is 12.0. The van der Waals surface area contributed by atoms with E-state index in [9.17, 15) is 9.59 Å². The minimum atomic E-state index is -1.61. The Bertz CT molecular complexity index is 948.